The number of nitrogen functional groups attached to an aromatic ring is 1. The Kier molecular flexibility index (Phi) is 4.42. The number of carbonyl (C=O) groups is 1. The molecule has 2 rings (SSSR count). The Hall–Kier alpha value is -2.57. The first-order chi connectivity index (χ1) is 9.97. The average molecular weight is 289 g/mol. The summed E-state index contributed by atoms with van der Waals surface area (Å²) in [5.41, 5.74) is 7.67. The highest BCUT2D eigenvalue weighted by Gasteiger charge is 2.13. The molecule has 0 aliphatic rings. The van der Waals surface area contributed by atoms with Gasteiger partial charge in [-0.25, -0.2) is 0 Å². The lowest BCUT2D eigenvalue weighted by Crippen LogP contribution is -2.23. The Morgan fingerprint density at radius 3 is 2.81 bits per heavy atom. The molecule has 0 atom stereocenters. The second kappa shape index (κ2) is 6.25. The maximum atomic E-state index is 12.1. The fraction of sp³-hybridized carbons (Fsp3) is 0.357. The SMILES string of the molecule is Cc1nc(CCNc2cc(N)ccc2C(=O)N(C)C)no1. The van der Waals surface area contributed by atoms with E-state index in [4.69, 9.17) is 10.3 Å². The lowest BCUT2D eigenvalue weighted by atomic mass is 10.1. The van der Waals surface area contributed by atoms with Crippen molar-refractivity contribution in [1.29, 1.82) is 0 Å². The van der Waals surface area contributed by atoms with E-state index in [2.05, 4.69) is 15.5 Å². The molecule has 0 aliphatic heterocycles. The van der Waals surface area contributed by atoms with Crippen LogP contribution >= 0.6 is 0 Å². The van der Waals surface area contributed by atoms with Crippen molar-refractivity contribution in [2.45, 2.75) is 13.3 Å². The third-order valence-electron chi connectivity index (χ3n) is 2.91. The molecule has 0 saturated heterocycles. The Balaban J connectivity index is 2.07. The number of nitrogens with two attached hydrogens (primary N) is 1. The maximum Gasteiger partial charge on any atom is 0.255 e. The van der Waals surface area contributed by atoms with Crippen molar-refractivity contribution in [2.75, 3.05) is 31.7 Å². The van der Waals surface area contributed by atoms with E-state index in [-0.39, 0.29) is 5.91 Å². The van der Waals surface area contributed by atoms with E-state index in [1.807, 2.05) is 0 Å². The zero-order chi connectivity index (χ0) is 15.4. The van der Waals surface area contributed by atoms with Crippen LogP contribution in [-0.4, -0.2) is 41.6 Å². The quantitative estimate of drug-likeness (QED) is 0.806. The van der Waals surface area contributed by atoms with Crippen LogP contribution in [0.4, 0.5) is 11.4 Å². The first-order valence-corrected chi connectivity index (χ1v) is 6.61. The number of hydrogen-bond donors (Lipinski definition) is 2. The van der Waals surface area contributed by atoms with Crippen LogP contribution in [0.15, 0.2) is 22.7 Å². The molecule has 1 aromatic carbocycles. The third kappa shape index (κ3) is 3.71. The Labute approximate surface area is 123 Å². The molecular weight excluding hydrogens is 270 g/mol. The van der Waals surface area contributed by atoms with Gasteiger partial charge >= 0.3 is 0 Å². The minimum atomic E-state index is -0.0760. The first kappa shape index (κ1) is 14.8. The molecule has 1 amide bonds. The molecule has 1 aromatic heterocycles. The third-order valence-corrected chi connectivity index (χ3v) is 2.91. The fourth-order valence-corrected chi connectivity index (χ4v) is 1.89. The van der Waals surface area contributed by atoms with Gasteiger partial charge in [-0.3, -0.25) is 4.79 Å². The molecule has 0 fully saturated rings. The van der Waals surface area contributed by atoms with Gasteiger partial charge in [0.05, 0.1) is 5.56 Å². The van der Waals surface area contributed by atoms with Gasteiger partial charge in [0.25, 0.3) is 5.91 Å². The van der Waals surface area contributed by atoms with E-state index in [0.29, 0.717) is 41.6 Å². The minimum absolute atomic E-state index is 0.0760. The molecule has 1 heterocycles. The fourth-order valence-electron chi connectivity index (χ4n) is 1.89. The predicted molar refractivity (Wildman–Crippen MR) is 80.1 cm³/mol. The molecule has 2 aromatic rings. The van der Waals surface area contributed by atoms with Crippen molar-refractivity contribution in [3.05, 3.63) is 35.5 Å². The van der Waals surface area contributed by atoms with Crippen molar-refractivity contribution in [3.8, 4) is 0 Å². The lowest BCUT2D eigenvalue weighted by molar-refractivity contribution is 0.0828. The van der Waals surface area contributed by atoms with Gasteiger partial charge in [0.15, 0.2) is 5.82 Å². The van der Waals surface area contributed by atoms with E-state index in [0.717, 1.165) is 0 Å². The molecule has 0 radical (unpaired) electrons. The van der Waals surface area contributed by atoms with E-state index in [9.17, 15) is 4.79 Å². The number of aromatic nitrogens is 2. The number of hydrogen-bond acceptors (Lipinski definition) is 6. The molecule has 7 nitrogen and oxygen atoms in total. The van der Waals surface area contributed by atoms with Gasteiger partial charge in [-0.15, -0.1) is 0 Å². The number of nitrogens with zero attached hydrogens (tertiary/aromatic N) is 3. The van der Waals surface area contributed by atoms with Crippen LogP contribution in [-0.2, 0) is 6.42 Å². The van der Waals surface area contributed by atoms with Gasteiger partial charge in [-0.2, -0.15) is 4.98 Å². The monoisotopic (exact) mass is 289 g/mol. The number of benzene rings is 1. The van der Waals surface area contributed by atoms with E-state index >= 15 is 0 Å². The summed E-state index contributed by atoms with van der Waals surface area (Å²) in [5.74, 6) is 1.09. The summed E-state index contributed by atoms with van der Waals surface area (Å²) in [5, 5.41) is 7.02. The number of aryl methyl sites for hydroxylation is 1. The van der Waals surface area contributed by atoms with Crippen LogP contribution in [0.25, 0.3) is 0 Å². The Bertz CT molecular complexity index is 636. The second-order valence-electron chi connectivity index (χ2n) is 4.91. The van der Waals surface area contributed by atoms with Gasteiger partial charge in [-0.05, 0) is 18.2 Å². The van der Waals surface area contributed by atoms with Crippen molar-refractivity contribution in [3.63, 3.8) is 0 Å². The van der Waals surface area contributed by atoms with Crippen LogP contribution in [0.1, 0.15) is 22.1 Å². The summed E-state index contributed by atoms with van der Waals surface area (Å²) in [7, 11) is 3.43. The molecule has 0 saturated carbocycles. The highest BCUT2D eigenvalue weighted by atomic mass is 16.5. The Morgan fingerprint density at radius 2 is 2.19 bits per heavy atom. The molecule has 0 aliphatic carbocycles. The van der Waals surface area contributed by atoms with Crippen molar-refractivity contribution >= 4 is 17.3 Å². The van der Waals surface area contributed by atoms with Gasteiger partial charge in [-0.1, -0.05) is 5.16 Å². The molecule has 0 bridgehead atoms. The summed E-state index contributed by atoms with van der Waals surface area (Å²) < 4.78 is 4.91. The number of rotatable bonds is 5. The van der Waals surface area contributed by atoms with Crippen LogP contribution in [0, 0.1) is 6.92 Å². The summed E-state index contributed by atoms with van der Waals surface area (Å²) in [6.07, 6.45) is 0.599. The summed E-state index contributed by atoms with van der Waals surface area (Å²) in [6.45, 7) is 2.33. The minimum Gasteiger partial charge on any atom is -0.399 e. The van der Waals surface area contributed by atoms with Gasteiger partial charge in [0, 0.05) is 45.4 Å². The molecule has 0 unspecified atom stereocenters. The normalized spacial score (nSPS) is 10.4. The smallest absolute Gasteiger partial charge is 0.255 e. The summed E-state index contributed by atoms with van der Waals surface area (Å²) in [6, 6.07) is 5.18. The standard InChI is InChI=1S/C14H19N5O2/c1-9-17-13(18-21-9)6-7-16-12-8-10(15)4-5-11(12)14(20)19(2)3/h4-5,8,16H,6-7,15H2,1-3H3. The van der Waals surface area contributed by atoms with E-state index < -0.39 is 0 Å². The van der Waals surface area contributed by atoms with Gasteiger partial charge < -0.3 is 20.5 Å². The topological polar surface area (TPSA) is 97.3 Å². The van der Waals surface area contributed by atoms with Crippen molar-refractivity contribution in [2.24, 2.45) is 0 Å². The van der Waals surface area contributed by atoms with Crippen LogP contribution in [0.5, 0.6) is 0 Å². The highest BCUT2D eigenvalue weighted by molar-refractivity contribution is 5.99. The van der Waals surface area contributed by atoms with E-state index in [1.165, 1.54) is 4.90 Å². The average Bonchev–Trinajstić information content (AvgIpc) is 2.84. The second-order valence-corrected chi connectivity index (χ2v) is 4.91. The molecule has 3 N–H and O–H groups in total. The molecule has 7 heteroatoms. The number of nitrogens with one attached hydrogen (secondary N) is 1. The largest absolute Gasteiger partial charge is 0.399 e. The Morgan fingerprint density at radius 1 is 1.43 bits per heavy atom. The maximum absolute atomic E-state index is 12.1. The van der Waals surface area contributed by atoms with Gasteiger partial charge in [0.1, 0.15) is 0 Å². The van der Waals surface area contributed by atoms with Gasteiger partial charge in [0.2, 0.25) is 5.89 Å². The number of carbonyl (C=O) groups excluding carboxylic acids is 1. The predicted octanol–water partition coefficient (Wildman–Crippen LogP) is 1.32. The first-order valence-electron chi connectivity index (χ1n) is 6.61. The number of anilines is 2. The summed E-state index contributed by atoms with van der Waals surface area (Å²) >= 11 is 0. The van der Waals surface area contributed by atoms with Crippen molar-refractivity contribution < 1.29 is 9.32 Å². The van der Waals surface area contributed by atoms with Crippen LogP contribution in [0.2, 0.25) is 0 Å². The molecule has 0 spiro atoms. The van der Waals surface area contributed by atoms with Crippen LogP contribution < -0.4 is 11.1 Å². The number of amides is 1. The molecule has 21 heavy (non-hydrogen) atoms. The van der Waals surface area contributed by atoms with Crippen LogP contribution in [0.3, 0.4) is 0 Å². The lowest BCUT2D eigenvalue weighted by Gasteiger charge is -2.15. The zero-order valence-corrected chi connectivity index (χ0v) is 12.4. The zero-order valence-electron chi connectivity index (χ0n) is 12.4. The molecular formula is C14H19N5O2. The highest BCUT2D eigenvalue weighted by Crippen LogP contribution is 2.20. The molecule has 112 valence electrons. The van der Waals surface area contributed by atoms with Crippen molar-refractivity contribution in [1.82, 2.24) is 15.0 Å². The summed E-state index contributed by atoms with van der Waals surface area (Å²) in [4.78, 5) is 17.8. The van der Waals surface area contributed by atoms with E-state index in [1.54, 1.807) is 39.2 Å².